The number of fused-ring (bicyclic) bond motifs is 1. The van der Waals surface area contributed by atoms with Gasteiger partial charge in [0, 0.05) is 18.0 Å². The summed E-state index contributed by atoms with van der Waals surface area (Å²) < 4.78 is 40.6. The largest absolute Gasteiger partial charge is 0.416 e. The van der Waals surface area contributed by atoms with Crippen LogP contribution in [-0.2, 0) is 11.0 Å². The Bertz CT molecular complexity index is 1090. The highest BCUT2D eigenvalue weighted by Gasteiger charge is 2.33. The lowest BCUT2D eigenvalue weighted by atomic mass is 9.89. The first-order valence-corrected chi connectivity index (χ1v) is 8.41. The number of aromatic nitrogens is 2. The zero-order valence-corrected chi connectivity index (χ0v) is 14.4. The van der Waals surface area contributed by atoms with Gasteiger partial charge in [-0.15, -0.1) is 0 Å². The van der Waals surface area contributed by atoms with Crippen LogP contribution in [0.1, 0.15) is 34.7 Å². The molecule has 3 aromatic rings. The number of carbonyl (C=O) groups excluding carboxylic acids is 1. The molecule has 2 heterocycles. The molecule has 4 rings (SSSR count). The van der Waals surface area contributed by atoms with Crippen molar-refractivity contribution < 1.29 is 18.0 Å². The third kappa shape index (κ3) is 3.11. The number of hydrogen-bond donors (Lipinski definition) is 1. The molecule has 2 aromatic carbocycles. The van der Waals surface area contributed by atoms with Gasteiger partial charge in [0.25, 0.3) is 0 Å². The second kappa shape index (κ2) is 6.53. The molecule has 0 aliphatic carbocycles. The van der Waals surface area contributed by atoms with Gasteiger partial charge in [-0.05, 0) is 35.9 Å². The summed E-state index contributed by atoms with van der Waals surface area (Å²) in [5, 5.41) is 11.7. The van der Waals surface area contributed by atoms with Gasteiger partial charge in [0.15, 0.2) is 0 Å². The van der Waals surface area contributed by atoms with Gasteiger partial charge in [-0.25, -0.2) is 4.98 Å². The predicted octanol–water partition coefficient (Wildman–Crippen LogP) is 4.24. The molecule has 1 aliphatic heterocycles. The van der Waals surface area contributed by atoms with Crippen molar-refractivity contribution in [3.8, 4) is 11.8 Å². The molecule has 28 heavy (non-hydrogen) atoms. The first-order valence-electron chi connectivity index (χ1n) is 8.41. The van der Waals surface area contributed by atoms with Gasteiger partial charge in [0.2, 0.25) is 5.91 Å². The molecule has 1 atom stereocenters. The summed E-state index contributed by atoms with van der Waals surface area (Å²) in [5.41, 5.74) is 1.35. The van der Waals surface area contributed by atoms with Crippen molar-refractivity contribution in [1.82, 2.24) is 9.55 Å². The fraction of sp³-hybridized carbons (Fsp3) is 0.150. The van der Waals surface area contributed by atoms with Crippen LogP contribution in [-0.4, -0.2) is 15.5 Å². The van der Waals surface area contributed by atoms with Gasteiger partial charge in [0.1, 0.15) is 12.1 Å². The minimum absolute atomic E-state index is 0.165. The highest BCUT2D eigenvalue weighted by molar-refractivity contribution is 5.94. The van der Waals surface area contributed by atoms with Crippen LogP contribution in [0.2, 0.25) is 0 Å². The minimum atomic E-state index is -4.47. The molecule has 8 heteroatoms. The Kier molecular flexibility index (Phi) is 4.15. The second-order valence-electron chi connectivity index (χ2n) is 6.44. The van der Waals surface area contributed by atoms with Crippen molar-refractivity contribution in [2.24, 2.45) is 0 Å². The topological polar surface area (TPSA) is 70.7 Å². The molecule has 0 saturated carbocycles. The third-order valence-corrected chi connectivity index (χ3v) is 4.67. The van der Waals surface area contributed by atoms with Gasteiger partial charge in [-0.3, -0.25) is 9.36 Å². The van der Waals surface area contributed by atoms with Gasteiger partial charge >= 0.3 is 6.18 Å². The number of amides is 1. The van der Waals surface area contributed by atoms with E-state index in [4.69, 9.17) is 5.26 Å². The molecule has 5 nitrogen and oxygen atoms in total. The van der Waals surface area contributed by atoms with Crippen LogP contribution in [0.5, 0.6) is 0 Å². The fourth-order valence-electron chi connectivity index (χ4n) is 3.30. The van der Waals surface area contributed by atoms with Crippen molar-refractivity contribution in [3.05, 3.63) is 77.2 Å². The molecule has 0 spiro atoms. The van der Waals surface area contributed by atoms with Crippen molar-refractivity contribution in [2.45, 2.75) is 18.5 Å². The van der Waals surface area contributed by atoms with E-state index in [1.807, 2.05) is 6.07 Å². The Labute approximate surface area is 158 Å². The minimum Gasteiger partial charge on any atom is -0.310 e. The number of hydrogen-bond acceptors (Lipinski definition) is 3. The van der Waals surface area contributed by atoms with Gasteiger partial charge in [0.05, 0.1) is 22.9 Å². The van der Waals surface area contributed by atoms with Gasteiger partial charge < -0.3 is 5.32 Å². The summed E-state index contributed by atoms with van der Waals surface area (Å²) >= 11 is 0. The van der Waals surface area contributed by atoms with Crippen LogP contribution in [0.15, 0.2) is 54.9 Å². The Morgan fingerprint density at radius 1 is 1.18 bits per heavy atom. The molecule has 1 unspecified atom stereocenters. The van der Waals surface area contributed by atoms with Crippen molar-refractivity contribution in [3.63, 3.8) is 0 Å². The summed E-state index contributed by atoms with van der Waals surface area (Å²) in [7, 11) is 0. The molecule has 0 radical (unpaired) electrons. The van der Waals surface area contributed by atoms with Crippen LogP contribution in [0.3, 0.4) is 0 Å². The number of carbonyl (C=O) groups is 1. The van der Waals surface area contributed by atoms with Crippen LogP contribution in [0.4, 0.5) is 19.0 Å². The Morgan fingerprint density at radius 3 is 2.61 bits per heavy atom. The SMILES string of the molecule is N#Cc1ccc(C2CC(=O)Nc3c2ncn3-c2cccc(C(F)(F)F)c2)cc1. The number of nitrogens with one attached hydrogen (secondary N) is 1. The summed E-state index contributed by atoms with van der Waals surface area (Å²) in [6.45, 7) is 0. The second-order valence-corrected chi connectivity index (χ2v) is 6.44. The lowest BCUT2D eigenvalue weighted by Gasteiger charge is -2.23. The molecule has 1 aromatic heterocycles. The number of imidazole rings is 1. The number of anilines is 1. The van der Waals surface area contributed by atoms with Crippen molar-refractivity contribution >= 4 is 11.7 Å². The molecule has 0 fully saturated rings. The number of benzene rings is 2. The average Bonchev–Trinajstić information content (AvgIpc) is 3.10. The van der Waals surface area contributed by atoms with E-state index < -0.39 is 11.7 Å². The maximum Gasteiger partial charge on any atom is 0.416 e. The maximum atomic E-state index is 13.0. The van der Waals surface area contributed by atoms with Crippen molar-refractivity contribution in [1.29, 1.82) is 5.26 Å². The third-order valence-electron chi connectivity index (χ3n) is 4.67. The molecular weight excluding hydrogens is 369 g/mol. The van der Waals surface area contributed by atoms with E-state index in [9.17, 15) is 18.0 Å². The van der Waals surface area contributed by atoms with E-state index in [-0.39, 0.29) is 23.9 Å². The molecule has 0 bridgehead atoms. The zero-order chi connectivity index (χ0) is 19.9. The number of nitrogens with zero attached hydrogens (tertiary/aromatic N) is 3. The highest BCUT2D eigenvalue weighted by Crippen LogP contribution is 2.38. The predicted molar refractivity (Wildman–Crippen MR) is 94.8 cm³/mol. The normalized spacial score (nSPS) is 16.2. The average molecular weight is 382 g/mol. The Morgan fingerprint density at radius 2 is 1.93 bits per heavy atom. The lowest BCUT2D eigenvalue weighted by molar-refractivity contribution is -0.137. The van der Waals surface area contributed by atoms with E-state index >= 15 is 0 Å². The van der Waals surface area contributed by atoms with Crippen LogP contribution < -0.4 is 5.32 Å². The summed E-state index contributed by atoms with van der Waals surface area (Å²) in [4.78, 5) is 16.6. The lowest BCUT2D eigenvalue weighted by Crippen LogP contribution is -2.25. The van der Waals surface area contributed by atoms with Crippen LogP contribution in [0, 0.1) is 11.3 Å². The number of nitriles is 1. The Balaban J connectivity index is 1.78. The summed E-state index contributed by atoms with van der Waals surface area (Å²) in [6, 6.07) is 13.7. The summed E-state index contributed by atoms with van der Waals surface area (Å²) in [5.74, 6) is -0.246. The molecule has 1 amide bonds. The van der Waals surface area contributed by atoms with Gasteiger partial charge in [-0.2, -0.15) is 18.4 Å². The van der Waals surface area contributed by atoms with E-state index in [0.717, 1.165) is 17.7 Å². The van der Waals surface area contributed by atoms with Crippen molar-refractivity contribution in [2.75, 3.05) is 5.32 Å². The van der Waals surface area contributed by atoms with E-state index in [1.54, 1.807) is 24.3 Å². The Hall–Kier alpha value is -3.60. The highest BCUT2D eigenvalue weighted by atomic mass is 19.4. The quantitative estimate of drug-likeness (QED) is 0.721. The summed E-state index contributed by atoms with van der Waals surface area (Å²) in [6.07, 6.45) is -2.90. The first kappa shape index (κ1) is 17.8. The smallest absolute Gasteiger partial charge is 0.310 e. The molecule has 1 aliphatic rings. The number of rotatable bonds is 2. The maximum absolute atomic E-state index is 13.0. The molecule has 0 saturated heterocycles. The first-order chi connectivity index (χ1) is 13.4. The fourth-order valence-corrected chi connectivity index (χ4v) is 3.30. The van der Waals surface area contributed by atoms with Gasteiger partial charge in [-0.1, -0.05) is 18.2 Å². The van der Waals surface area contributed by atoms with E-state index in [1.165, 1.54) is 23.0 Å². The number of alkyl halides is 3. The monoisotopic (exact) mass is 382 g/mol. The molecule has 1 N–H and O–H groups in total. The molecular formula is C20H13F3N4O. The molecule has 140 valence electrons. The van der Waals surface area contributed by atoms with E-state index in [0.29, 0.717) is 17.1 Å². The zero-order valence-electron chi connectivity index (χ0n) is 14.4. The number of halogens is 3. The van der Waals surface area contributed by atoms with Crippen LogP contribution >= 0.6 is 0 Å². The van der Waals surface area contributed by atoms with E-state index in [2.05, 4.69) is 10.3 Å². The van der Waals surface area contributed by atoms with Crippen LogP contribution in [0.25, 0.3) is 5.69 Å². The standard InChI is InChI=1S/C20H13F3N4O/c21-20(22,23)14-2-1-3-15(8-14)27-11-25-18-16(9-17(28)26-19(18)27)13-6-4-12(10-24)5-7-13/h1-8,11,16H,9H2,(H,26,28).